The average molecular weight is 376 g/mol. The monoisotopic (exact) mass is 376 g/mol. The highest BCUT2D eigenvalue weighted by Crippen LogP contribution is 2.34. The van der Waals surface area contributed by atoms with E-state index in [0.29, 0.717) is 37.6 Å². The summed E-state index contributed by atoms with van der Waals surface area (Å²) >= 11 is 0. The van der Waals surface area contributed by atoms with Crippen LogP contribution in [0, 0.1) is 0 Å². The SMILES string of the molecule is CCOc1ccc(C(C)(C)C(=O)N[C@H]2CCC(=O)NC2(C)C)cc1OCC. The molecule has 2 amide bonds. The lowest BCUT2D eigenvalue weighted by Crippen LogP contribution is -2.63. The Hall–Kier alpha value is -2.24. The molecule has 0 aromatic heterocycles. The third kappa shape index (κ3) is 4.73. The normalized spacial score (nSPS) is 19.2. The molecule has 1 aliphatic rings. The number of rotatable bonds is 7. The van der Waals surface area contributed by atoms with E-state index in [0.717, 1.165) is 5.56 Å². The van der Waals surface area contributed by atoms with Gasteiger partial charge >= 0.3 is 0 Å². The van der Waals surface area contributed by atoms with E-state index in [-0.39, 0.29) is 17.9 Å². The van der Waals surface area contributed by atoms with Crippen LogP contribution in [0.5, 0.6) is 11.5 Å². The van der Waals surface area contributed by atoms with Crippen LogP contribution < -0.4 is 20.1 Å². The second-order valence-corrected chi connectivity index (χ2v) is 7.99. The number of carbonyl (C=O) groups excluding carboxylic acids is 2. The van der Waals surface area contributed by atoms with Gasteiger partial charge in [-0.25, -0.2) is 0 Å². The topological polar surface area (TPSA) is 76.7 Å². The van der Waals surface area contributed by atoms with E-state index in [1.54, 1.807) is 0 Å². The Morgan fingerprint density at radius 2 is 1.85 bits per heavy atom. The Morgan fingerprint density at radius 3 is 2.44 bits per heavy atom. The Morgan fingerprint density at radius 1 is 1.22 bits per heavy atom. The average Bonchev–Trinajstić information content (AvgIpc) is 2.58. The van der Waals surface area contributed by atoms with Crippen molar-refractivity contribution in [2.75, 3.05) is 13.2 Å². The van der Waals surface area contributed by atoms with Crippen molar-refractivity contribution in [1.29, 1.82) is 0 Å². The van der Waals surface area contributed by atoms with Gasteiger partial charge in [0.1, 0.15) is 0 Å². The first-order chi connectivity index (χ1) is 12.6. The largest absolute Gasteiger partial charge is 0.490 e. The smallest absolute Gasteiger partial charge is 0.230 e. The molecule has 0 unspecified atom stereocenters. The van der Waals surface area contributed by atoms with E-state index >= 15 is 0 Å². The summed E-state index contributed by atoms with van der Waals surface area (Å²) in [7, 11) is 0. The summed E-state index contributed by atoms with van der Waals surface area (Å²) in [5.74, 6) is 1.26. The molecule has 1 aliphatic heterocycles. The van der Waals surface area contributed by atoms with Crippen molar-refractivity contribution in [3.63, 3.8) is 0 Å². The highest BCUT2D eigenvalue weighted by molar-refractivity contribution is 5.88. The van der Waals surface area contributed by atoms with Gasteiger partial charge in [-0.15, -0.1) is 0 Å². The summed E-state index contributed by atoms with van der Waals surface area (Å²) in [5.41, 5.74) is -0.380. The van der Waals surface area contributed by atoms with Crippen molar-refractivity contribution in [2.45, 2.75) is 71.4 Å². The molecule has 150 valence electrons. The molecular formula is C21H32N2O4. The van der Waals surface area contributed by atoms with E-state index in [2.05, 4.69) is 10.6 Å². The van der Waals surface area contributed by atoms with Crippen LogP contribution >= 0.6 is 0 Å². The minimum atomic E-state index is -0.756. The molecule has 0 bridgehead atoms. The molecule has 1 aromatic carbocycles. The fraction of sp³-hybridized carbons (Fsp3) is 0.619. The first-order valence-corrected chi connectivity index (χ1v) is 9.64. The van der Waals surface area contributed by atoms with Gasteiger partial charge in [0, 0.05) is 6.42 Å². The summed E-state index contributed by atoms with van der Waals surface area (Å²) in [6, 6.07) is 5.52. The third-order valence-corrected chi connectivity index (χ3v) is 5.13. The fourth-order valence-corrected chi connectivity index (χ4v) is 3.31. The van der Waals surface area contributed by atoms with Gasteiger partial charge in [0.25, 0.3) is 0 Å². The molecular weight excluding hydrogens is 344 g/mol. The highest BCUT2D eigenvalue weighted by Gasteiger charge is 2.39. The summed E-state index contributed by atoms with van der Waals surface area (Å²) < 4.78 is 11.3. The molecule has 1 saturated heterocycles. The first kappa shape index (κ1) is 21.1. The Kier molecular flexibility index (Phi) is 6.39. The molecule has 2 N–H and O–H groups in total. The highest BCUT2D eigenvalue weighted by atomic mass is 16.5. The minimum Gasteiger partial charge on any atom is -0.490 e. The number of hydrogen-bond donors (Lipinski definition) is 2. The van der Waals surface area contributed by atoms with Crippen LogP contribution in [0.3, 0.4) is 0 Å². The van der Waals surface area contributed by atoms with Crippen molar-refractivity contribution in [2.24, 2.45) is 0 Å². The van der Waals surface area contributed by atoms with Crippen LogP contribution in [0.15, 0.2) is 18.2 Å². The zero-order valence-electron chi connectivity index (χ0n) is 17.3. The van der Waals surface area contributed by atoms with E-state index in [1.165, 1.54) is 0 Å². The van der Waals surface area contributed by atoms with E-state index < -0.39 is 11.0 Å². The third-order valence-electron chi connectivity index (χ3n) is 5.13. The van der Waals surface area contributed by atoms with Gasteiger partial charge in [-0.3, -0.25) is 9.59 Å². The maximum absolute atomic E-state index is 13.1. The quantitative estimate of drug-likeness (QED) is 0.767. The molecule has 0 aliphatic carbocycles. The summed E-state index contributed by atoms with van der Waals surface area (Å²) in [5, 5.41) is 6.09. The number of carbonyl (C=O) groups is 2. The van der Waals surface area contributed by atoms with Crippen LogP contribution in [0.4, 0.5) is 0 Å². The first-order valence-electron chi connectivity index (χ1n) is 9.64. The van der Waals surface area contributed by atoms with E-state index in [1.807, 2.05) is 59.7 Å². The molecule has 1 atom stereocenters. The Balaban J connectivity index is 2.22. The lowest BCUT2D eigenvalue weighted by molar-refractivity contribution is -0.130. The van der Waals surface area contributed by atoms with Gasteiger partial charge in [-0.05, 0) is 65.7 Å². The predicted molar refractivity (Wildman–Crippen MR) is 105 cm³/mol. The van der Waals surface area contributed by atoms with Gasteiger partial charge in [-0.1, -0.05) is 6.07 Å². The maximum Gasteiger partial charge on any atom is 0.230 e. The van der Waals surface area contributed by atoms with Crippen molar-refractivity contribution in [3.05, 3.63) is 23.8 Å². The van der Waals surface area contributed by atoms with Gasteiger partial charge in [0.05, 0.1) is 30.2 Å². The van der Waals surface area contributed by atoms with Crippen LogP contribution in [0.1, 0.15) is 59.9 Å². The molecule has 6 nitrogen and oxygen atoms in total. The molecule has 6 heteroatoms. The Labute approximate surface area is 162 Å². The van der Waals surface area contributed by atoms with Crippen LogP contribution in [-0.2, 0) is 15.0 Å². The van der Waals surface area contributed by atoms with Gasteiger partial charge in [0.15, 0.2) is 11.5 Å². The second kappa shape index (κ2) is 8.19. The van der Waals surface area contributed by atoms with Gasteiger partial charge < -0.3 is 20.1 Å². The molecule has 1 aromatic rings. The van der Waals surface area contributed by atoms with Crippen LogP contribution in [0.25, 0.3) is 0 Å². The number of benzene rings is 1. The lowest BCUT2D eigenvalue weighted by atomic mass is 9.81. The van der Waals surface area contributed by atoms with Crippen molar-refractivity contribution in [3.8, 4) is 11.5 Å². The zero-order valence-corrected chi connectivity index (χ0v) is 17.3. The number of hydrogen-bond acceptors (Lipinski definition) is 4. The molecule has 2 rings (SSSR count). The second-order valence-electron chi connectivity index (χ2n) is 7.99. The molecule has 1 fully saturated rings. The summed E-state index contributed by atoms with van der Waals surface area (Å²) in [4.78, 5) is 24.7. The van der Waals surface area contributed by atoms with E-state index in [4.69, 9.17) is 9.47 Å². The van der Waals surface area contributed by atoms with Crippen LogP contribution in [-0.4, -0.2) is 36.6 Å². The minimum absolute atomic E-state index is 0.0256. The fourth-order valence-electron chi connectivity index (χ4n) is 3.31. The van der Waals surface area contributed by atoms with Crippen molar-refractivity contribution < 1.29 is 19.1 Å². The molecule has 1 heterocycles. The standard InChI is InChI=1S/C21H32N2O4/c1-7-26-15-10-9-14(13-16(15)27-8-2)20(3,4)19(25)22-17-11-12-18(24)23-21(17,5)6/h9-10,13,17H,7-8,11-12H2,1-6H3,(H,22,25)(H,23,24)/t17-/m0/s1. The molecule has 27 heavy (non-hydrogen) atoms. The number of ether oxygens (including phenoxy) is 2. The summed E-state index contributed by atoms with van der Waals surface area (Å²) in [6.07, 6.45) is 1.06. The van der Waals surface area contributed by atoms with Gasteiger partial charge in [-0.2, -0.15) is 0 Å². The molecule has 0 saturated carbocycles. The van der Waals surface area contributed by atoms with Crippen LogP contribution in [0.2, 0.25) is 0 Å². The molecule has 0 radical (unpaired) electrons. The van der Waals surface area contributed by atoms with Crippen molar-refractivity contribution >= 4 is 11.8 Å². The Bertz CT molecular complexity index is 697. The maximum atomic E-state index is 13.1. The summed E-state index contributed by atoms with van der Waals surface area (Å²) in [6.45, 7) is 12.6. The lowest BCUT2D eigenvalue weighted by Gasteiger charge is -2.41. The number of nitrogens with one attached hydrogen (secondary N) is 2. The van der Waals surface area contributed by atoms with Gasteiger partial charge in [0.2, 0.25) is 11.8 Å². The predicted octanol–water partition coefficient (Wildman–Crippen LogP) is 2.94. The number of piperidine rings is 1. The number of amides is 2. The zero-order chi connectivity index (χ0) is 20.2. The van der Waals surface area contributed by atoms with E-state index in [9.17, 15) is 9.59 Å². The van der Waals surface area contributed by atoms with Crippen molar-refractivity contribution in [1.82, 2.24) is 10.6 Å². The molecule has 0 spiro atoms.